The fourth-order valence-corrected chi connectivity index (χ4v) is 2.38. The first kappa shape index (κ1) is 16.0. The Kier molecular flexibility index (Phi) is 5.08. The standard InChI is InChI=1S/C18H19N3O3/c22-16-5-1-14(2-6-16)3-8-18(23)20-15-4-7-17(19-13-15)21-9-11-24-12-10-21/h1-8,13,22H,9-12H2,(H,20,23)/b8-3+. The summed E-state index contributed by atoms with van der Waals surface area (Å²) in [7, 11) is 0. The number of phenolic OH excluding ortho intramolecular Hbond substituents is 1. The van der Waals surface area contributed by atoms with Crippen molar-refractivity contribution < 1.29 is 14.6 Å². The monoisotopic (exact) mass is 325 g/mol. The van der Waals surface area contributed by atoms with Crippen LogP contribution in [0, 0.1) is 0 Å². The van der Waals surface area contributed by atoms with Gasteiger partial charge < -0.3 is 20.1 Å². The maximum atomic E-state index is 11.9. The summed E-state index contributed by atoms with van der Waals surface area (Å²) >= 11 is 0. The Morgan fingerprint density at radius 2 is 1.92 bits per heavy atom. The Morgan fingerprint density at radius 1 is 1.17 bits per heavy atom. The maximum Gasteiger partial charge on any atom is 0.248 e. The molecule has 0 aliphatic carbocycles. The molecule has 0 unspecified atom stereocenters. The van der Waals surface area contributed by atoms with E-state index in [0.717, 1.165) is 24.5 Å². The van der Waals surface area contributed by atoms with Gasteiger partial charge in [-0.15, -0.1) is 0 Å². The van der Waals surface area contributed by atoms with Gasteiger partial charge in [-0.2, -0.15) is 0 Å². The zero-order valence-electron chi connectivity index (χ0n) is 13.2. The summed E-state index contributed by atoms with van der Waals surface area (Å²) in [5, 5.41) is 12.0. The number of nitrogens with one attached hydrogen (secondary N) is 1. The van der Waals surface area contributed by atoms with E-state index in [1.807, 2.05) is 12.1 Å². The SMILES string of the molecule is O=C(/C=C/c1ccc(O)cc1)Nc1ccc(N2CCOCC2)nc1. The molecule has 3 rings (SSSR count). The maximum absolute atomic E-state index is 11.9. The molecular formula is C18H19N3O3. The van der Waals surface area contributed by atoms with Crippen LogP contribution in [-0.2, 0) is 9.53 Å². The van der Waals surface area contributed by atoms with Crippen LogP contribution >= 0.6 is 0 Å². The van der Waals surface area contributed by atoms with Crippen molar-refractivity contribution in [3.63, 3.8) is 0 Å². The van der Waals surface area contributed by atoms with E-state index in [9.17, 15) is 9.90 Å². The molecule has 1 fully saturated rings. The molecule has 1 aliphatic heterocycles. The number of phenols is 1. The molecule has 0 saturated carbocycles. The Labute approximate surface area is 140 Å². The summed E-state index contributed by atoms with van der Waals surface area (Å²) in [6, 6.07) is 10.3. The predicted molar refractivity (Wildman–Crippen MR) is 93.0 cm³/mol. The molecule has 0 spiro atoms. The number of anilines is 2. The Hall–Kier alpha value is -2.86. The number of morpholine rings is 1. The highest BCUT2D eigenvalue weighted by Crippen LogP contribution is 2.16. The second kappa shape index (κ2) is 7.61. The third kappa shape index (κ3) is 4.33. The molecule has 6 heteroatoms. The minimum absolute atomic E-state index is 0.197. The van der Waals surface area contributed by atoms with Gasteiger partial charge in [-0.25, -0.2) is 4.98 Å². The summed E-state index contributed by atoms with van der Waals surface area (Å²) in [5.41, 5.74) is 1.48. The van der Waals surface area contributed by atoms with Gasteiger partial charge in [0, 0.05) is 19.2 Å². The number of amides is 1. The molecule has 2 N–H and O–H groups in total. The Bertz CT molecular complexity index is 705. The number of hydrogen-bond donors (Lipinski definition) is 2. The van der Waals surface area contributed by atoms with E-state index in [0.29, 0.717) is 18.9 Å². The van der Waals surface area contributed by atoms with Crippen molar-refractivity contribution in [2.24, 2.45) is 0 Å². The van der Waals surface area contributed by atoms with Gasteiger partial charge in [-0.3, -0.25) is 4.79 Å². The van der Waals surface area contributed by atoms with Crippen LogP contribution in [-0.4, -0.2) is 42.3 Å². The van der Waals surface area contributed by atoms with Crippen LogP contribution in [0.1, 0.15) is 5.56 Å². The van der Waals surface area contributed by atoms with Crippen LogP contribution in [0.2, 0.25) is 0 Å². The highest BCUT2D eigenvalue weighted by molar-refractivity contribution is 6.01. The van der Waals surface area contributed by atoms with Gasteiger partial charge in [0.1, 0.15) is 11.6 Å². The number of aromatic nitrogens is 1. The lowest BCUT2D eigenvalue weighted by Crippen LogP contribution is -2.36. The van der Waals surface area contributed by atoms with Gasteiger partial charge >= 0.3 is 0 Å². The second-order valence-electron chi connectivity index (χ2n) is 5.42. The number of carbonyl (C=O) groups is 1. The smallest absolute Gasteiger partial charge is 0.248 e. The zero-order chi connectivity index (χ0) is 16.8. The molecule has 2 heterocycles. The number of rotatable bonds is 4. The highest BCUT2D eigenvalue weighted by atomic mass is 16.5. The van der Waals surface area contributed by atoms with Crippen molar-refractivity contribution >= 4 is 23.5 Å². The second-order valence-corrected chi connectivity index (χ2v) is 5.42. The van der Waals surface area contributed by atoms with Crippen molar-refractivity contribution in [3.8, 4) is 5.75 Å². The topological polar surface area (TPSA) is 74.7 Å². The number of pyridine rings is 1. The molecule has 1 saturated heterocycles. The lowest BCUT2D eigenvalue weighted by atomic mass is 10.2. The molecule has 0 radical (unpaired) electrons. The van der Waals surface area contributed by atoms with E-state index >= 15 is 0 Å². The van der Waals surface area contributed by atoms with Crippen LogP contribution in [0.4, 0.5) is 11.5 Å². The number of ether oxygens (including phenoxy) is 1. The number of nitrogens with zero attached hydrogens (tertiary/aromatic N) is 2. The average molecular weight is 325 g/mol. The molecular weight excluding hydrogens is 306 g/mol. The molecule has 2 aromatic rings. The first-order valence-electron chi connectivity index (χ1n) is 7.77. The first-order valence-corrected chi connectivity index (χ1v) is 7.77. The van der Waals surface area contributed by atoms with Gasteiger partial charge in [0.25, 0.3) is 0 Å². The molecule has 124 valence electrons. The average Bonchev–Trinajstić information content (AvgIpc) is 2.63. The Balaban J connectivity index is 1.57. The summed E-state index contributed by atoms with van der Waals surface area (Å²) in [4.78, 5) is 18.5. The van der Waals surface area contributed by atoms with E-state index in [-0.39, 0.29) is 11.7 Å². The van der Waals surface area contributed by atoms with E-state index in [4.69, 9.17) is 4.74 Å². The molecule has 1 amide bonds. The lowest BCUT2D eigenvalue weighted by Gasteiger charge is -2.27. The third-order valence-electron chi connectivity index (χ3n) is 3.67. The van der Waals surface area contributed by atoms with Gasteiger partial charge in [0.05, 0.1) is 25.1 Å². The molecule has 0 atom stereocenters. The fraction of sp³-hybridized carbons (Fsp3) is 0.222. The third-order valence-corrected chi connectivity index (χ3v) is 3.67. The normalized spacial score (nSPS) is 14.8. The minimum Gasteiger partial charge on any atom is -0.508 e. The molecule has 1 aliphatic rings. The van der Waals surface area contributed by atoms with Crippen LogP contribution in [0.5, 0.6) is 5.75 Å². The van der Waals surface area contributed by atoms with Crippen LogP contribution in [0.15, 0.2) is 48.7 Å². The molecule has 24 heavy (non-hydrogen) atoms. The number of benzene rings is 1. The van der Waals surface area contributed by atoms with Gasteiger partial charge in [0.15, 0.2) is 0 Å². The van der Waals surface area contributed by atoms with Gasteiger partial charge in [0.2, 0.25) is 5.91 Å². The van der Waals surface area contributed by atoms with E-state index in [1.165, 1.54) is 6.08 Å². The van der Waals surface area contributed by atoms with Gasteiger partial charge in [-0.1, -0.05) is 12.1 Å². The molecule has 1 aromatic heterocycles. The van der Waals surface area contributed by atoms with Crippen LogP contribution in [0.25, 0.3) is 6.08 Å². The number of aromatic hydroxyl groups is 1. The summed E-state index contributed by atoms with van der Waals surface area (Å²) in [5.74, 6) is 0.850. The van der Waals surface area contributed by atoms with Crippen LogP contribution in [0.3, 0.4) is 0 Å². The van der Waals surface area contributed by atoms with Gasteiger partial charge in [-0.05, 0) is 35.9 Å². The lowest BCUT2D eigenvalue weighted by molar-refractivity contribution is -0.111. The van der Waals surface area contributed by atoms with Crippen molar-refractivity contribution in [2.45, 2.75) is 0 Å². The first-order chi connectivity index (χ1) is 11.7. The van der Waals surface area contributed by atoms with Crippen molar-refractivity contribution in [3.05, 3.63) is 54.2 Å². The largest absolute Gasteiger partial charge is 0.508 e. The summed E-state index contributed by atoms with van der Waals surface area (Å²) in [6.45, 7) is 3.08. The van der Waals surface area contributed by atoms with Crippen molar-refractivity contribution in [1.29, 1.82) is 0 Å². The van der Waals surface area contributed by atoms with E-state index in [1.54, 1.807) is 36.5 Å². The summed E-state index contributed by atoms with van der Waals surface area (Å²) < 4.78 is 5.32. The van der Waals surface area contributed by atoms with E-state index < -0.39 is 0 Å². The van der Waals surface area contributed by atoms with Crippen molar-refractivity contribution in [1.82, 2.24) is 4.98 Å². The summed E-state index contributed by atoms with van der Waals surface area (Å²) in [6.07, 6.45) is 4.78. The molecule has 1 aromatic carbocycles. The Morgan fingerprint density at radius 3 is 2.58 bits per heavy atom. The minimum atomic E-state index is -0.232. The van der Waals surface area contributed by atoms with E-state index in [2.05, 4.69) is 15.2 Å². The fourth-order valence-electron chi connectivity index (χ4n) is 2.38. The number of hydrogen-bond acceptors (Lipinski definition) is 5. The highest BCUT2D eigenvalue weighted by Gasteiger charge is 2.12. The zero-order valence-corrected chi connectivity index (χ0v) is 13.2. The number of carbonyl (C=O) groups excluding carboxylic acids is 1. The van der Waals surface area contributed by atoms with Crippen molar-refractivity contribution in [2.75, 3.05) is 36.5 Å². The predicted octanol–water partition coefficient (Wildman–Crippen LogP) is 2.28. The molecule has 0 bridgehead atoms. The quantitative estimate of drug-likeness (QED) is 0.844. The molecule has 6 nitrogen and oxygen atoms in total. The van der Waals surface area contributed by atoms with Crippen LogP contribution < -0.4 is 10.2 Å².